The molecular weight excluding hydrogens is 389 g/mol. The fourth-order valence-electron chi connectivity index (χ4n) is 2.04. The molecule has 3 rings (SSSR count). The van der Waals surface area contributed by atoms with E-state index in [1.165, 1.54) is 0 Å². The number of rotatable bonds is 3. The van der Waals surface area contributed by atoms with Crippen molar-refractivity contribution >= 4 is 50.7 Å². The third-order valence-electron chi connectivity index (χ3n) is 3.07. The lowest BCUT2D eigenvalue weighted by atomic mass is 10.2. The first-order chi connectivity index (χ1) is 10.5. The van der Waals surface area contributed by atoms with Crippen LogP contribution in [0.3, 0.4) is 0 Å². The highest BCUT2D eigenvalue weighted by molar-refractivity contribution is 9.10. The van der Waals surface area contributed by atoms with Gasteiger partial charge in [0.15, 0.2) is 0 Å². The summed E-state index contributed by atoms with van der Waals surface area (Å²) in [6.45, 7) is 0.307. The summed E-state index contributed by atoms with van der Waals surface area (Å²) in [5.41, 5.74) is 1.93. The molecule has 0 aliphatic rings. The number of aromatic nitrogens is 2. The lowest BCUT2D eigenvalue weighted by Crippen LogP contribution is -2.23. The van der Waals surface area contributed by atoms with E-state index in [0.717, 1.165) is 15.8 Å². The van der Waals surface area contributed by atoms with E-state index in [1.54, 1.807) is 30.5 Å². The van der Waals surface area contributed by atoms with Gasteiger partial charge in [0.2, 0.25) is 0 Å². The van der Waals surface area contributed by atoms with Crippen molar-refractivity contribution in [2.75, 3.05) is 0 Å². The zero-order valence-electron chi connectivity index (χ0n) is 11.2. The van der Waals surface area contributed by atoms with Crippen molar-refractivity contribution < 1.29 is 4.79 Å². The summed E-state index contributed by atoms with van der Waals surface area (Å²) in [6, 6.07) is 8.73. The highest BCUT2D eigenvalue weighted by atomic mass is 79.9. The predicted molar refractivity (Wildman–Crippen MR) is 90.5 cm³/mol. The van der Waals surface area contributed by atoms with Gasteiger partial charge in [-0.05, 0) is 30.3 Å². The van der Waals surface area contributed by atoms with Gasteiger partial charge in [0, 0.05) is 16.9 Å². The molecule has 2 heterocycles. The number of hydrogen-bond acceptors (Lipinski definition) is 2. The zero-order chi connectivity index (χ0) is 15.7. The van der Waals surface area contributed by atoms with E-state index in [0.29, 0.717) is 22.2 Å². The van der Waals surface area contributed by atoms with Gasteiger partial charge in [0.1, 0.15) is 5.65 Å². The third kappa shape index (κ3) is 3.27. The highest BCUT2D eigenvalue weighted by Gasteiger charge is 2.11. The fourth-order valence-corrected chi connectivity index (χ4v) is 2.77. The summed E-state index contributed by atoms with van der Waals surface area (Å²) in [5, 5.41) is 3.84. The van der Waals surface area contributed by atoms with Crippen molar-refractivity contribution in [3.8, 4) is 0 Å². The molecule has 1 N–H and O–H groups in total. The van der Waals surface area contributed by atoms with Crippen molar-refractivity contribution in [3.05, 3.63) is 68.5 Å². The van der Waals surface area contributed by atoms with Crippen LogP contribution in [0.5, 0.6) is 0 Å². The quantitative estimate of drug-likeness (QED) is 0.713. The van der Waals surface area contributed by atoms with E-state index in [2.05, 4.69) is 26.2 Å². The van der Waals surface area contributed by atoms with Crippen molar-refractivity contribution in [3.63, 3.8) is 0 Å². The molecule has 0 spiro atoms. The summed E-state index contributed by atoms with van der Waals surface area (Å²) in [7, 11) is 0. The molecule has 112 valence electrons. The number of pyridine rings is 1. The van der Waals surface area contributed by atoms with Gasteiger partial charge in [-0.1, -0.05) is 39.1 Å². The van der Waals surface area contributed by atoms with E-state index in [1.807, 2.05) is 16.7 Å². The van der Waals surface area contributed by atoms with E-state index < -0.39 is 0 Å². The molecule has 0 unspecified atom stereocenters. The molecule has 2 aromatic heterocycles. The van der Waals surface area contributed by atoms with Crippen LogP contribution in [0.2, 0.25) is 10.0 Å². The van der Waals surface area contributed by atoms with Crippen LogP contribution >= 0.6 is 39.1 Å². The number of nitrogens with zero attached hydrogens (tertiary/aromatic N) is 2. The van der Waals surface area contributed by atoms with Crippen molar-refractivity contribution in [2.45, 2.75) is 6.54 Å². The second kappa shape index (κ2) is 6.28. The van der Waals surface area contributed by atoms with E-state index in [9.17, 15) is 4.79 Å². The van der Waals surface area contributed by atoms with Gasteiger partial charge in [-0.25, -0.2) is 4.98 Å². The van der Waals surface area contributed by atoms with Crippen molar-refractivity contribution in [1.29, 1.82) is 0 Å². The molecule has 0 radical (unpaired) electrons. The maximum atomic E-state index is 12.2. The fraction of sp³-hybridized carbons (Fsp3) is 0.0667. The second-order valence-electron chi connectivity index (χ2n) is 4.65. The monoisotopic (exact) mass is 397 g/mol. The van der Waals surface area contributed by atoms with Crippen molar-refractivity contribution in [2.24, 2.45) is 0 Å². The Hall–Kier alpha value is -1.56. The van der Waals surface area contributed by atoms with Crippen LogP contribution in [-0.4, -0.2) is 15.3 Å². The lowest BCUT2D eigenvalue weighted by molar-refractivity contribution is 0.0950. The van der Waals surface area contributed by atoms with Crippen LogP contribution in [0.25, 0.3) is 5.65 Å². The third-order valence-corrected chi connectivity index (χ3v) is 4.11. The molecule has 0 bridgehead atoms. The molecule has 7 heteroatoms. The average molecular weight is 399 g/mol. The maximum absolute atomic E-state index is 12.2. The molecular formula is C15H10BrCl2N3O. The minimum atomic E-state index is -0.249. The Morgan fingerprint density at radius 3 is 2.86 bits per heavy atom. The molecule has 3 aromatic rings. The number of carbonyl (C=O) groups is 1. The van der Waals surface area contributed by atoms with Gasteiger partial charge in [0.25, 0.3) is 5.91 Å². The predicted octanol–water partition coefficient (Wildman–Crippen LogP) is 4.33. The lowest BCUT2D eigenvalue weighted by Gasteiger charge is -2.05. The van der Waals surface area contributed by atoms with E-state index in [-0.39, 0.29) is 5.91 Å². The number of fused-ring (bicyclic) bond motifs is 1. The molecule has 0 aliphatic carbocycles. The number of amides is 1. The Bertz CT molecular complexity index is 863. The van der Waals surface area contributed by atoms with Crippen LogP contribution in [0.1, 0.15) is 16.1 Å². The Balaban J connectivity index is 1.75. The molecule has 0 atom stereocenters. The first-order valence-electron chi connectivity index (χ1n) is 6.39. The minimum Gasteiger partial charge on any atom is -0.346 e. The highest BCUT2D eigenvalue weighted by Crippen LogP contribution is 2.21. The van der Waals surface area contributed by atoms with Crippen molar-refractivity contribution in [1.82, 2.24) is 14.7 Å². The van der Waals surface area contributed by atoms with Crippen LogP contribution in [0.15, 0.2) is 47.2 Å². The molecule has 0 aliphatic heterocycles. The standard InChI is InChI=1S/C15H10BrCl2N3O/c16-9-1-3-13(18)12(5-9)15(22)19-6-11-8-21-7-10(17)2-4-14(21)20-11/h1-5,7-8H,6H2,(H,19,22). The number of imidazole rings is 1. The zero-order valence-corrected chi connectivity index (χ0v) is 14.3. The number of hydrogen-bond donors (Lipinski definition) is 1. The largest absolute Gasteiger partial charge is 0.346 e. The Morgan fingerprint density at radius 1 is 1.23 bits per heavy atom. The number of halogens is 3. The normalized spacial score (nSPS) is 10.9. The Labute approximate surface area is 145 Å². The number of benzene rings is 1. The molecule has 0 fully saturated rings. The van der Waals surface area contributed by atoms with E-state index in [4.69, 9.17) is 23.2 Å². The Kier molecular flexibility index (Phi) is 4.38. The van der Waals surface area contributed by atoms with E-state index >= 15 is 0 Å². The summed E-state index contributed by atoms with van der Waals surface area (Å²) in [4.78, 5) is 16.6. The van der Waals surface area contributed by atoms with Gasteiger partial charge in [-0.15, -0.1) is 0 Å². The molecule has 22 heavy (non-hydrogen) atoms. The summed E-state index contributed by atoms with van der Waals surface area (Å²) < 4.78 is 2.61. The molecule has 0 saturated heterocycles. The molecule has 4 nitrogen and oxygen atoms in total. The smallest absolute Gasteiger partial charge is 0.253 e. The SMILES string of the molecule is O=C(NCc1cn2cc(Cl)ccc2n1)c1cc(Br)ccc1Cl. The first-order valence-corrected chi connectivity index (χ1v) is 7.94. The number of nitrogens with one attached hydrogen (secondary N) is 1. The Morgan fingerprint density at radius 2 is 2.05 bits per heavy atom. The summed E-state index contributed by atoms with van der Waals surface area (Å²) in [5.74, 6) is -0.249. The maximum Gasteiger partial charge on any atom is 0.253 e. The van der Waals surface area contributed by atoms with Gasteiger partial charge < -0.3 is 9.72 Å². The van der Waals surface area contributed by atoms with Crippen LogP contribution in [-0.2, 0) is 6.54 Å². The van der Waals surface area contributed by atoms with Crippen LogP contribution in [0.4, 0.5) is 0 Å². The summed E-state index contributed by atoms with van der Waals surface area (Å²) >= 11 is 15.3. The van der Waals surface area contributed by atoms with Gasteiger partial charge in [-0.2, -0.15) is 0 Å². The second-order valence-corrected chi connectivity index (χ2v) is 6.41. The van der Waals surface area contributed by atoms with Crippen LogP contribution in [0, 0.1) is 0 Å². The van der Waals surface area contributed by atoms with Gasteiger partial charge in [0.05, 0.1) is 27.8 Å². The van der Waals surface area contributed by atoms with Gasteiger partial charge in [-0.3, -0.25) is 4.79 Å². The molecule has 1 aromatic carbocycles. The summed E-state index contributed by atoms with van der Waals surface area (Å²) in [6.07, 6.45) is 3.59. The number of carbonyl (C=O) groups excluding carboxylic acids is 1. The van der Waals surface area contributed by atoms with Gasteiger partial charge >= 0.3 is 0 Å². The topological polar surface area (TPSA) is 46.4 Å². The minimum absolute atomic E-state index is 0.249. The molecule has 1 amide bonds. The average Bonchev–Trinajstić information content (AvgIpc) is 2.89. The van der Waals surface area contributed by atoms with Crippen LogP contribution < -0.4 is 5.32 Å². The molecule has 0 saturated carbocycles. The first kappa shape index (κ1) is 15.3.